The fourth-order valence-electron chi connectivity index (χ4n) is 2.35. The van der Waals surface area contributed by atoms with Gasteiger partial charge in [0.1, 0.15) is 0 Å². The van der Waals surface area contributed by atoms with Crippen molar-refractivity contribution in [3.05, 3.63) is 18.0 Å². The van der Waals surface area contributed by atoms with Gasteiger partial charge in [0, 0.05) is 18.8 Å². The first-order chi connectivity index (χ1) is 8.36. The SMILES string of the molecule is CC(NCCOC1CCCCC1)c1ccn[nH]1. The number of aromatic nitrogens is 2. The predicted molar refractivity (Wildman–Crippen MR) is 67.8 cm³/mol. The van der Waals surface area contributed by atoms with Crippen molar-refractivity contribution >= 4 is 0 Å². The highest BCUT2D eigenvalue weighted by Crippen LogP contribution is 2.19. The zero-order chi connectivity index (χ0) is 11.9. The molecule has 1 fully saturated rings. The van der Waals surface area contributed by atoms with E-state index in [-0.39, 0.29) is 0 Å². The molecule has 1 aliphatic rings. The van der Waals surface area contributed by atoms with Gasteiger partial charge in [0.15, 0.2) is 0 Å². The van der Waals surface area contributed by atoms with Gasteiger partial charge in [0.25, 0.3) is 0 Å². The van der Waals surface area contributed by atoms with Gasteiger partial charge in [-0.05, 0) is 25.8 Å². The largest absolute Gasteiger partial charge is 0.377 e. The second-order valence-corrected chi connectivity index (χ2v) is 4.82. The minimum Gasteiger partial charge on any atom is -0.377 e. The van der Waals surface area contributed by atoms with Crippen LogP contribution in [0.25, 0.3) is 0 Å². The first-order valence-electron chi connectivity index (χ1n) is 6.70. The van der Waals surface area contributed by atoms with E-state index in [4.69, 9.17) is 4.74 Å². The molecule has 0 aliphatic heterocycles. The smallest absolute Gasteiger partial charge is 0.0594 e. The Labute approximate surface area is 103 Å². The van der Waals surface area contributed by atoms with Crippen LogP contribution in [-0.4, -0.2) is 29.5 Å². The minimum absolute atomic E-state index is 0.312. The summed E-state index contributed by atoms with van der Waals surface area (Å²) in [6.07, 6.45) is 8.84. The molecule has 17 heavy (non-hydrogen) atoms. The maximum absolute atomic E-state index is 5.86. The Kier molecular flexibility index (Phi) is 5.01. The van der Waals surface area contributed by atoms with Crippen LogP contribution in [0.4, 0.5) is 0 Å². The van der Waals surface area contributed by atoms with E-state index >= 15 is 0 Å². The van der Waals surface area contributed by atoms with Crippen molar-refractivity contribution in [2.24, 2.45) is 0 Å². The monoisotopic (exact) mass is 237 g/mol. The van der Waals surface area contributed by atoms with E-state index in [9.17, 15) is 0 Å². The van der Waals surface area contributed by atoms with Gasteiger partial charge in [-0.2, -0.15) is 5.10 Å². The molecule has 1 atom stereocenters. The van der Waals surface area contributed by atoms with Crippen LogP contribution in [0.15, 0.2) is 12.3 Å². The van der Waals surface area contributed by atoms with Crippen molar-refractivity contribution in [2.45, 2.75) is 51.2 Å². The highest BCUT2D eigenvalue weighted by molar-refractivity contribution is 5.02. The number of rotatable bonds is 6. The first-order valence-corrected chi connectivity index (χ1v) is 6.70. The van der Waals surface area contributed by atoms with E-state index < -0.39 is 0 Å². The number of nitrogens with zero attached hydrogens (tertiary/aromatic N) is 1. The standard InChI is InChI=1S/C13H23N3O/c1-11(13-7-8-15-16-13)14-9-10-17-12-5-3-2-4-6-12/h7-8,11-12,14H,2-6,9-10H2,1H3,(H,15,16). The summed E-state index contributed by atoms with van der Waals surface area (Å²) in [5.74, 6) is 0. The summed E-state index contributed by atoms with van der Waals surface area (Å²) in [4.78, 5) is 0. The van der Waals surface area contributed by atoms with Crippen LogP contribution in [0.5, 0.6) is 0 Å². The van der Waals surface area contributed by atoms with E-state index in [1.54, 1.807) is 6.20 Å². The molecule has 1 unspecified atom stereocenters. The Morgan fingerprint density at radius 3 is 3.00 bits per heavy atom. The number of ether oxygens (including phenoxy) is 1. The van der Waals surface area contributed by atoms with Gasteiger partial charge in [0.05, 0.1) is 18.4 Å². The molecule has 96 valence electrons. The van der Waals surface area contributed by atoms with Gasteiger partial charge >= 0.3 is 0 Å². The number of aromatic amines is 1. The van der Waals surface area contributed by atoms with Gasteiger partial charge in [-0.25, -0.2) is 0 Å². The summed E-state index contributed by atoms with van der Waals surface area (Å²) >= 11 is 0. The molecule has 2 N–H and O–H groups in total. The molecule has 0 bridgehead atoms. The van der Waals surface area contributed by atoms with Crippen molar-refractivity contribution in [3.63, 3.8) is 0 Å². The number of hydrogen-bond acceptors (Lipinski definition) is 3. The molecule has 1 heterocycles. The Balaban J connectivity index is 1.56. The summed E-state index contributed by atoms with van der Waals surface area (Å²) in [7, 11) is 0. The summed E-state index contributed by atoms with van der Waals surface area (Å²) in [6.45, 7) is 3.84. The topological polar surface area (TPSA) is 49.9 Å². The second kappa shape index (κ2) is 6.77. The summed E-state index contributed by atoms with van der Waals surface area (Å²) in [6, 6.07) is 2.31. The predicted octanol–water partition coefficient (Wildman–Crippen LogP) is 2.41. The van der Waals surface area contributed by atoms with E-state index in [1.807, 2.05) is 6.07 Å². The van der Waals surface area contributed by atoms with Crippen LogP contribution in [0, 0.1) is 0 Å². The lowest BCUT2D eigenvalue weighted by molar-refractivity contribution is 0.0295. The second-order valence-electron chi connectivity index (χ2n) is 4.82. The quantitative estimate of drug-likeness (QED) is 0.747. The highest BCUT2D eigenvalue weighted by Gasteiger charge is 2.13. The molecule has 1 aliphatic carbocycles. The number of hydrogen-bond donors (Lipinski definition) is 2. The third kappa shape index (κ3) is 4.13. The van der Waals surface area contributed by atoms with Crippen LogP contribution in [-0.2, 0) is 4.74 Å². The normalized spacial score (nSPS) is 19.4. The van der Waals surface area contributed by atoms with Crippen LogP contribution in [0.2, 0.25) is 0 Å². The maximum Gasteiger partial charge on any atom is 0.0594 e. The van der Waals surface area contributed by atoms with Gasteiger partial charge in [-0.15, -0.1) is 0 Å². The Morgan fingerprint density at radius 1 is 1.47 bits per heavy atom. The molecule has 0 spiro atoms. The summed E-state index contributed by atoms with van der Waals surface area (Å²) in [5.41, 5.74) is 1.13. The summed E-state index contributed by atoms with van der Waals surface area (Å²) < 4.78 is 5.86. The van der Waals surface area contributed by atoms with Crippen LogP contribution in [0.1, 0.15) is 50.8 Å². The minimum atomic E-state index is 0.312. The highest BCUT2D eigenvalue weighted by atomic mass is 16.5. The fraction of sp³-hybridized carbons (Fsp3) is 0.769. The molecule has 4 nitrogen and oxygen atoms in total. The Morgan fingerprint density at radius 2 is 2.29 bits per heavy atom. The fourth-order valence-corrected chi connectivity index (χ4v) is 2.35. The first kappa shape index (κ1) is 12.6. The molecule has 0 aromatic carbocycles. The van der Waals surface area contributed by atoms with Crippen molar-refractivity contribution in [1.82, 2.24) is 15.5 Å². The summed E-state index contributed by atoms with van der Waals surface area (Å²) in [5, 5.41) is 10.4. The lowest BCUT2D eigenvalue weighted by Crippen LogP contribution is -2.26. The van der Waals surface area contributed by atoms with Gasteiger partial charge in [-0.1, -0.05) is 19.3 Å². The maximum atomic E-state index is 5.86. The van der Waals surface area contributed by atoms with E-state index in [0.717, 1.165) is 18.8 Å². The van der Waals surface area contributed by atoms with Gasteiger partial charge < -0.3 is 10.1 Å². The lowest BCUT2D eigenvalue weighted by Gasteiger charge is -2.22. The van der Waals surface area contributed by atoms with Crippen molar-refractivity contribution < 1.29 is 4.74 Å². The molecule has 1 aromatic rings. The Hall–Kier alpha value is -0.870. The van der Waals surface area contributed by atoms with Crippen molar-refractivity contribution in [2.75, 3.05) is 13.2 Å². The third-order valence-electron chi connectivity index (χ3n) is 3.45. The van der Waals surface area contributed by atoms with Crippen molar-refractivity contribution in [3.8, 4) is 0 Å². The molecule has 4 heteroatoms. The molecule has 1 aromatic heterocycles. The van der Waals surface area contributed by atoms with Crippen LogP contribution >= 0.6 is 0 Å². The Bertz CT molecular complexity index is 294. The van der Waals surface area contributed by atoms with Crippen molar-refractivity contribution in [1.29, 1.82) is 0 Å². The van der Waals surface area contributed by atoms with Gasteiger partial charge in [-0.3, -0.25) is 5.10 Å². The van der Waals surface area contributed by atoms with E-state index in [2.05, 4.69) is 22.4 Å². The molecule has 0 radical (unpaired) electrons. The van der Waals surface area contributed by atoms with Crippen LogP contribution < -0.4 is 5.32 Å². The van der Waals surface area contributed by atoms with Crippen LogP contribution in [0.3, 0.4) is 0 Å². The molecule has 0 amide bonds. The molecular weight excluding hydrogens is 214 g/mol. The molecule has 1 saturated carbocycles. The zero-order valence-electron chi connectivity index (χ0n) is 10.6. The number of nitrogens with one attached hydrogen (secondary N) is 2. The third-order valence-corrected chi connectivity index (χ3v) is 3.45. The molecule has 2 rings (SSSR count). The van der Waals surface area contributed by atoms with Gasteiger partial charge in [0.2, 0.25) is 0 Å². The molecule has 0 saturated heterocycles. The van der Waals surface area contributed by atoms with E-state index in [0.29, 0.717) is 12.1 Å². The average Bonchev–Trinajstić information content (AvgIpc) is 2.89. The van der Waals surface area contributed by atoms with E-state index in [1.165, 1.54) is 32.1 Å². The average molecular weight is 237 g/mol. The molecular formula is C13H23N3O. The zero-order valence-corrected chi connectivity index (χ0v) is 10.6. The lowest BCUT2D eigenvalue weighted by atomic mass is 9.98. The number of H-pyrrole nitrogens is 1.